The normalized spacial score (nSPS) is 23.0. The van der Waals surface area contributed by atoms with Gasteiger partial charge in [-0.25, -0.2) is 14.8 Å². The number of aliphatic hydroxyl groups is 1. The van der Waals surface area contributed by atoms with Crippen LogP contribution in [0.3, 0.4) is 0 Å². The number of aliphatic hydroxyl groups excluding tert-OH is 1. The van der Waals surface area contributed by atoms with Crippen LogP contribution in [0.4, 0.5) is 10.6 Å². The van der Waals surface area contributed by atoms with Crippen LogP contribution in [0.25, 0.3) is 11.3 Å². The van der Waals surface area contributed by atoms with Crippen LogP contribution >= 0.6 is 0 Å². The van der Waals surface area contributed by atoms with Gasteiger partial charge in [0.1, 0.15) is 29.6 Å². The van der Waals surface area contributed by atoms with Crippen molar-refractivity contribution in [1.29, 1.82) is 0 Å². The van der Waals surface area contributed by atoms with Gasteiger partial charge in [0.15, 0.2) is 5.89 Å². The molecule has 0 aromatic carbocycles. The van der Waals surface area contributed by atoms with Crippen LogP contribution in [0.2, 0.25) is 0 Å². The molecule has 46 heavy (non-hydrogen) atoms. The van der Waals surface area contributed by atoms with Gasteiger partial charge >= 0.3 is 6.09 Å². The largest absolute Gasteiger partial charge is 0.495 e. The zero-order chi connectivity index (χ0) is 32.0. The van der Waals surface area contributed by atoms with Crippen molar-refractivity contribution in [3.8, 4) is 17.0 Å². The van der Waals surface area contributed by atoms with Gasteiger partial charge in [0, 0.05) is 48.3 Å². The predicted molar refractivity (Wildman–Crippen MR) is 172 cm³/mol. The van der Waals surface area contributed by atoms with E-state index in [1.54, 1.807) is 19.6 Å². The molecule has 2 N–H and O–H groups in total. The summed E-state index contributed by atoms with van der Waals surface area (Å²) < 4.78 is 16.7. The van der Waals surface area contributed by atoms with Gasteiger partial charge in [-0.2, -0.15) is 0 Å². The summed E-state index contributed by atoms with van der Waals surface area (Å²) >= 11 is 0. The van der Waals surface area contributed by atoms with Crippen LogP contribution in [-0.4, -0.2) is 65.0 Å². The topological polar surface area (TPSA) is 140 Å². The first-order valence-electron chi connectivity index (χ1n) is 16.7. The summed E-state index contributed by atoms with van der Waals surface area (Å²) in [5.41, 5.74) is 3.67. The monoisotopic (exact) mass is 631 g/mol. The number of anilines is 1. The Hall–Kier alpha value is -3.99. The molecule has 3 aliphatic rings. The second-order valence-electron chi connectivity index (χ2n) is 13.0. The van der Waals surface area contributed by atoms with Crippen molar-refractivity contribution in [3.05, 3.63) is 54.0 Å². The zero-order valence-electron chi connectivity index (χ0n) is 26.8. The lowest BCUT2D eigenvalue weighted by molar-refractivity contribution is -0.124. The van der Waals surface area contributed by atoms with E-state index >= 15 is 0 Å². The van der Waals surface area contributed by atoms with Gasteiger partial charge in [-0.05, 0) is 101 Å². The van der Waals surface area contributed by atoms with Gasteiger partial charge in [-0.1, -0.05) is 0 Å². The lowest BCUT2D eigenvalue weighted by atomic mass is 9.79. The van der Waals surface area contributed by atoms with Gasteiger partial charge in [0.05, 0.1) is 19.4 Å². The predicted octanol–water partition coefficient (Wildman–Crippen LogP) is 5.91. The van der Waals surface area contributed by atoms with E-state index in [2.05, 4.69) is 11.4 Å². The number of carbonyl (C=O) groups excluding carboxylic acids is 2. The molecule has 2 amide bonds. The van der Waals surface area contributed by atoms with Crippen molar-refractivity contribution in [1.82, 2.24) is 20.3 Å². The highest BCUT2D eigenvalue weighted by atomic mass is 16.6. The average molecular weight is 632 g/mol. The lowest BCUT2D eigenvalue weighted by Crippen LogP contribution is -2.42. The molecule has 3 aromatic heterocycles. The average Bonchev–Trinajstić information content (AvgIpc) is 3.82. The fourth-order valence-electron chi connectivity index (χ4n) is 6.87. The van der Waals surface area contributed by atoms with E-state index in [0.717, 1.165) is 72.8 Å². The van der Waals surface area contributed by atoms with E-state index in [0.29, 0.717) is 55.8 Å². The highest BCUT2D eigenvalue weighted by molar-refractivity contribution is 5.94. The fraction of sp³-hybridized carbons (Fsp3) is 0.571. The number of rotatable bonds is 11. The number of pyridine rings is 2. The molecule has 3 saturated carbocycles. The van der Waals surface area contributed by atoms with Crippen molar-refractivity contribution in [3.63, 3.8) is 0 Å². The van der Waals surface area contributed by atoms with Crippen LogP contribution in [0.5, 0.6) is 5.75 Å². The highest BCUT2D eigenvalue weighted by Crippen LogP contribution is 2.41. The van der Waals surface area contributed by atoms with Crippen molar-refractivity contribution < 1.29 is 28.6 Å². The summed E-state index contributed by atoms with van der Waals surface area (Å²) in [6.07, 6.45) is 11.4. The number of alkyl carbamates (subject to hydrolysis) is 1. The first kappa shape index (κ1) is 32.0. The molecule has 3 fully saturated rings. The summed E-state index contributed by atoms with van der Waals surface area (Å²) in [4.78, 5) is 42.4. The number of amides is 2. The Balaban J connectivity index is 1.15. The molecule has 11 heteroatoms. The van der Waals surface area contributed by atoms with E-state index in [9.17, 15) is 9.59 Å². The third-order valence-corrected chi connectivity index (χ3v) is 9.70. The number of hydrogen-bond acceptors (Lipinski definition) is 9. The number of ether oxygens (including phenoxy) is 2. The number of aromatic nitrogens is 3. The molecular weight excluding hydrogens is 586 g/mol. The molecule has 0 atom stereocenters. The minimum atomic E-state index is -0.528. The van der Waals surface area contributed by atoms with Gasteiger partial charge in [-0.15, -0.1) is 0 Å². The smallest absolute Gasteiger partial charge is 0.407 e. The van der Waals surface area contributed by atoms with Crippen LogP contribution in [-0.2, 0) is 9.53 Å². The molecule has 0 saturated heterocycles. The summed E-state index contributed by atoms with van der Waals surface area (Å²) in [7, 11) is 1.67. The van der Waals surface area contributed by atoms with E-state index in [-0.39, 0.29) is 31.1 Å². The number of oxazole rings is 1. The second kappa shape index (κ2) is 14.6. The Bertz CT molecular complexity index is 1490. The maximum Gasteiger partial charge on any atom is 0.407 e. The minimum Gasteiger partial charge on any atom is -0.495 e. The Morgan fingerprint density at radius 1 is 1.00 bits per heavy atom. The summed E-state index contributed by atoms with van der Waals surface area (Å²) in [5.74, 6) is 3.26. The van der Waals surface area contributed by atoms with Crippen molar-refractivity contribution >= 4 is 17.8 Å². The van der Waals surface area contributed by atoms with Crippen LogP contribution in [0.1, 0.15) is 93.3 Å². The number of methoxy groups -OCH3 is 1. The number of nitrogens with one attached hydrogen (secondary N) is 1. The Morgan fingerprint density at radius 3 is 2.46 bits per heavy atom. The van der Waals surface area contributed by atoms with Crippen molar-refractivity contribution in [2.75, 3.05) is 31.7 Å². The molecule has 6 rings (SSSR count). The molecule has 3 aromatic rings. The third-order valence-electron chi connectivity index (χ3n) is 9.70. The summed E-state index contributed by atoms with van der Waals surface area (Å²) in [5, 5.41) is 11.5. The first-order chi connectivity index (χ1) is 22.4. The molecule has 0 aliphatic heterocycles. The number of carbonyl (C=O) groups is 2. The van der Waals surface area contributed by atoms with E-state index in [4.69, 9.17) is 33.9 Å². The molecule has 0 bridgehead atoms. The number of aryl methyl sites for hydroxylation is 1. The molecule has 11 nitrogen and oxygen atoms in total. The van der Waals surface area contributed by atoms with Crippen molar-refractivity contribution in [2.45, 2.75) is 89.1 Å². The highest BCUT2D eigenvalue weighted by Gasteiger charge is 2.35. The van der Waals surface area contributed by atoms with Crippen LogP contribution < -0.4 is 15.0 Å². The van der Waals surface area contributed by atoms with Gasteiger partial charge < -0.3 is 24.3 Å². The maximum atomic E-state index is 14.3. The van der Waals surface area contributed by atoms with Crippen molar-refractivity contribution in [2.24, 2.45) is 11.8 Å². The Kier molecular flexibility index (Phi) is 10.2. The van der Waals surface area contributed by atoms with Crippen LogP contribution in [0, 0.1) is 18.8 Å². The fourth-order valence-corrected chi connectivity index (χ4v) is 6.87. The molecule has 3 heterocycles. The molecule has 246 valence electrons. The maximum absolute atomic E-state index is 14.3. The third kappa shape index (κ3) is 7.68. The molecule has 0 spiro atoms. The lowest BCUT2D eigenvalue weighted by Gasteiger charge is -2.35. The van der Waals surface area contributed by atoms with Gasteiger partial charge in [0.25, 0.3) is 0 Å². The molecule has 3 aliphatic carbocycles. The molecule has 0 radical (unpaired) electrons. The summed E-state index contributed by atoms with van der Waals surface area (Å²) in [6, 6.07) is 7.96. The van der Waals surface area contributed by atoms with Gasteiger partial charge in [-0.3, -0.25) is 14.7 Å². The SMILES string of the molecule is COc1ccc(C2CCC(CN(C(=O)C3CCC(OC(=O)NCCO)CC3)c3cc(-c4coc(C5CC5)n4)ccn3)CC2)nc1C. The number of hydrogen-bond donors (Lipinski definition) is 2. The molecular formula is C35H45N5O6. The first-order valence-corrected chi connectivity index (χ1v) is 16.7. The Morgan fingerprint density at radius 2 is 1.76 bits per heavy atom. The standard InChI is InChI=1S/C35H45N5O6/c1-22-31(44-2)14-13-29(38-22)24-5-3-23(4-6-24)20-40(34(42)26-9-11-28(12-10-26)46-35(43)37-17-18-41)32-19-27(15-16-36-32)30-21-45-33(39-30)25-7-8-25/h13-16,19,21,23-26,28,41H,3-12,17-18,20H2,1-2H3,(H,37,43). The van der Waals surface area contributed by atoms with Crippen LogP contribution in [0.15, 0.2) is 41.1 Å². The van der Waals surface area contributed by atoms with E-state index in [1.807, 2.05) is 30.0 Å². The number of nitrogens with zero attached hydrogens (tertiary/aromatic N) is 4. The minimum absolute atomic E-state index is 0.0706. The summed E-state index contributed by atoms with van der Waals surface area (Å²) in [6.45, 7) is 2.60. The Labute approximate surface area is 270 Å². The van der Waals surface area contributed by atoms with Gasteiger partial charge in [0.2, 0.25) is 5.91 Å². The van der Waals surface area contributed by atoms with E-state index < -0.39 is 6.09 Å². The molecule has 0 unspecified atom stereocenters. The van der Waals surface area contributed by atoms with E-state index in [1.165, 1.54) is 0 Å². The quantitative estimate of drug-likeness (QED) is 0.264. The zero-order valence-corrected chi connectivity index (χ0v) is 26.8. The second-order valence-corrected chi connectivity index (χ2v) is 13.0.